The summed E-state index contributed by atoms with van der Waals surface area (Å²) < 4.78 is 208. The van der Waals surface area contributed by atoms with Crippen molar-refractivity contribution in [3.05, 3.63) is 259 Å². The van der Waals surface area contributed by atoms with Crippen LogP contribution >= 0.6 is 0 Å². The molecule has 4 fully saturated rings. The lowest BCUT2D eigenvalue weighted by Crippen LogP contribution is -2.48. The molecule has 8 atom stereocenters. The smallest absolute Gasteiger partial charge is 0.135 e. The van der Waals surface area contributed by atoms with Crippen LogP contribution < -0.4 is 18.9 Å². The van der Waals surface area contributed by atoms with E-state index in [1.165, 1.54) is 168 Å². The fourth-order valence-electron chi connectivity index (χ4n) is 23.5. The van der Waals surface area contributed by atoms with Crippen molar-refractivity contribution in [2.24, 2.45) is 5.92 Å². The summed E-state index contributed by atoms with van der Waals surface area (Å²) >= 11 is 0. The number of halogens is 12. The van der Waals surface area contributed by atoms with Crippen LogP contribution in [-0.4, -0.2) is 237 Å². The van der Waals surface area contributed by atoms with Crippen molar-refractivity contribution < 1.29 is 71.6 Å². The quantitative estimate of drug-likeness (QED) is 0.0334. The number of H-pyrrole nitrogens is 4. The van der Waals surface area contributed by atoms with Gasteiger partial charge in [0.15, 0.2) is 0 Å². The third kappa shape index (κ3) is 24.5. The van der Waals surface area contributed by atoms with Crippen molar-refractivity contribution in [1.82, 2.24) is 59.1 Å². The molecular formula is C116H144F12N12O4. The van der Waals surface area contributed by atoms with Gasteiger partial charge in [0.2, 0.25) is 0 Å². The van der Waals surface area contributed by atoms with Gasteiger partial charge in [0.05, 0.1) is 24.2 Å². The lowest BCUT2D eigenvalue weighted by molar-refractivity contribution is 0.0640. The first-order valence-electron chi connectivity index (χ1n) is 52.3. The van der Waals surface area contributed by atoms with Crippen LogP contribution in [0.15, 0.2) is 146 Å². The zero-order chi connectivity index (χ0) is 102. The predicted molar refractivity (Wildman–Crippen MR) is 549 cm³/mol. The molecule has 0 amide bonds. The van der Waals surface area contributed by atoms with E-state index >= 15 is 35.1 Å². The van der Waals surface area contributed by atoms with E-state index in [1.807, 2.05) is 144 Å². The Hall–Kier alpha value is -10.0. The number of benzene rings is 8. The molecule has 0 bridgehead atoms. The number of nitrogens with zero attached hydrogens (tertiary/aromatic N) is 8. The van der Waals surface area contributed by atoms with Gasteiger partial charge in [0.1, 0.15) is 119 Å². The average molecular weight is 2000 g/mol. The summed E-state index contributed by atoms with van der Waals surface area (Å²) in [5, 5.41) is 4.17. The number of para-hydroxylation sites is 4. The maximum atomic E-state index is 15.7. The number of alkyl halides is 4. The number of likely N-dealkylation sites (tertiary alicyclic amines) is 4. The Morgan fingerprint density at radius 3 is 0.708 bits per heavy atom. The molecule has 776 valence electrons. The van der Waals surface area contributed by atoms with Crippen LogP contribution in [0.25, 0.3) is 43.6 Å². The Kier molecular flexibility index (Phi) is 32.9. The molecule has 0 radical (unpaired) electrons. The molecule has 0 spiro atoms. The number of piperidine rings is 1. The summed E-state index contributed by atoms with van der Waals surface area (Å²) in [5.41, 5.74) is 4.36. The normalized spacial score (nSPS) is 21.6. The molecule has 0 unspecified atom stereocenters. The number of aromatic nitrogens is 4. The molecule has 8 aliphatic rings. The van der Waals surface area contributed by atoms with Gasteiger partial charge in [-0.3, -0.25) is 39.2 Å². The lowest BCUT2D eigenvalue weighted by atomic mass is 9.87. The third-order valence-corrected chi connectivity index (χ3v) is 30.3. The topological polar surface area (TPSA) is 126 Å². The highest BCUT2D eigenvalue weighted by atomic mass is 19.2. The standard InChI is InChI=1S/C30H38F3N3O.2C29H36F3N3O.C28H34F3N3O/c1-20-16-23-22-10-6-7-11-26(22)34-28(23)29(36(20)19-30(2,3)33)27-24(31)17-21(18-25(27)32)37-15-14-35-12-8-4-5-9-13-35;1-19-15-22-21-9-5-6-10-25(21)33-27(22)28(35(19)18-29(2,3)32)26-23(30)16-20(17-24(26)31)36-14-13-34-11-7-4-8-12-34;1-5-19-15-34(16-19)10-11-36-20-13-23(30)26(24(31)14-20)28-27-22(21-8-6-7-9-25(21)33-27)12-18(2)35(28)17-29(3,4)32;1-18-14-21-20-8-4-5-9-24(20)32-26(21)27(34(18)17-28(2,3)31)25-22(29)15-19(16-23(25)30)35-13-12-33-10-6-7-11-33/h6-7,10-11,17-18,20,29,34H,4-5,8-9,12-16,19H2,1-3H3;5-6,9-10,16-17,19,28,33H,4,7-8,11-15,18H2,1-3H3;6-9,13-14,18-19,28,33H,5,10-12,15-17H2,1-4H3;4-5,8-9,15-16,18,27,32H,6-7,10-14,17H2,1-3H3/t20-,29-;19-,28-;18-,28-;18-,27-/m1111/s1. The monoisotopic (exact) mass is 2000 g/mol. The zero-order valence-electron chi connectivity index (χ0n) is 85.8. The number of fused-ring (bicyclic) bond motifs is 12. The van der Waals surface area contributed by atoms with Crippen molar-refractivity contribution in [3.8, 4) is 23.0 Å². The summed E-state index contributed by atoms with van der Waals surface area (Å²) in [6.07, 6.45) is 14.7. The number of rotatable bonds is 29. The summed E-state index contributed by atoms with van der Waals surface area (Å²) in [4.78, 5) is 30.4. The fourth-order valence-corrected chi connectivity index (χ4v) is 23.5. The van der Waals surface area contributed by atoms with E-state index in [4.69, 9.17) is 18.9 Å². The van der Waals surface area contributed by atoms with Crippen molar-refractivity contribution in [2.45, 2.75) is 251 Å². The minimum atomic E-state index is -1.53. The van der Waals surface area contributed by atoms with Crippen LogP contribution in [0, 0.1) is 52.5 Å². The van der Waals surface area contributed by atoms with Gasteiger partial charge in [0.25, 0.3) is 0 Å². The minimum Gasteiger partial charge on any atom is -0.492 e. The molecule has 16 nitrogen and oxygen atoms in total. The van der Waals surface area contributed by atoms with Gasteiger partial charge in [-0.15, -0.1) is 0 Å². The fraction of sp³-hybridized carbons (Fsp3) is 0.517. The minimum absolute atomic E-state index is 0.0549. The van der Waals surface area contributed by atoms with Crippen molar-refractivity contribution in [3.63, 3.8) is 0 Å². The van der Waals surface area contributed by atoms with E-state index in [2.05, 4.69) is 46.5 Å². The summed E-state index contributed by atoms with van der Waals surface area (Å²) in [5.74, 6) is -3.92. The molecular weight excluding hydrogens is 1850 g/mol. The Labute approximate surface area is 840 Å². The number of aromatic amines is 4. The van der Waals surface area contributed by atoms with Crippen molar-refractivity contribution in [2.75, 3.05) is 131 Å². The molecule has 8 aliphatic heterocycles. The van der Waals surface area contributed by atoms with Crippen molar-refractivity contribution in [1.29, 1.82) is 0 Å². The molecule has 4 saturated heterocycles. The van der Waals surface area contributed by atoms with Gasteiger partial charge in [0, 0.05) is 227 Å². The van der Waals surface area contributed by atoms with Gasteiger partial charge in [-0.25, -0.2) is 52.7 Å². The molecule has 144 heavy (non-hydrogen) atoms. The van der Waals surface area contributed by atoms with E-state index < -0.39 is 93.4 Å². The highest BCUT2D eigenvalue weighted by molar-refractivity contribution is 5.88. The van der Waals surface area contributed by atoms with Crippen LogP contribution in [0.2, 0.25) is 0 Å². The molecule has 20 rings (SSSR count). The summed E-state index contributed by atoms with van der Waals surface area (Å²) in [6.45, 7) is 35.2. The predicted octanol–water partition coefficient (Wildman–Crippen LogP) is 25.4. The second-order valence-electron chi connectivity index (χ2n) is 44.0. The molecule has 28 heteroatoms. The van der Waals surface area contributed by atoms with Crippen LogP contribution in [0.5, 0.6) is 23.0 Å². The Balaban J connectivity index is 0.000000132. The largest absolute Gasteiger partial charge is 0.492 e. The van der Waals surface area contributed by atoms with Gasteiger partial charge in [-0.1, -0.05) is 105 Å². The van der Waals surface area contributed by atoms with Gasteiger partial charge < -0.3 is 38.9 Å². The van der Waals surface area contributed by atoms with E-state index in [0.717, 1.165) is 173 Å². The zero-order valence-corrected chi connectivity index (χ0v) is 85.8. The summed E-state index contributed by atoms with van der Waals surface area (Å²) in [7, 11) is 0. The van der Waals surface area contributed by atoms with Crippen LogP contribution in [0.1, 0.15) is 246 Å². The van der Waals surface area contributed by atoms with E-state index in [0.29, 0.717) is 52.1 Å². The highest BCUT2D eigenvalue weighted by Crippen LogP contribution is 2.51. The highest BCUT2D eigenvalue weighted by Gasteiger charge is 2.47. The number of hydrogen-bond donors (Lipinski definition) is 4. The molecule has 0 aliphatic carbocycles. The van der Waals surface area contributed by atoms with Gasteiger partial charge >= 0.3 is 0 Å². The van der Waals surface area contributed by atoms with Gasteiger partial charge in [-0.2, -0.15) is 0 Å². The molecule has 0 saturated carbocycles. The Bertz CT molecular complexity index is 6290. The van der Waals surface area contributed by atoms with Crippen LogP contribution in [-0.2, 0) is 25.7 Å². The number of nitrogens with one attached hydrogen (secondary N) is 4. The number of ether oxygens (including phenoxy) is 4. The molecule has 8 aromatic carbocycles. The SMILES string of the molecule is CCC1CN(CCOc2cc(F)c([C@@H]3c4[nH]c5ccccc5c4C[C@@H](C)N3CC(C)(C)F)c(F)c2)C1.C[C@@H]1Cc2c([nH]c3ccccc23)[C@@H](c2c(F)cc(OCCN3CCCC3)cc2F)N1CC(C)(C)F.C[C@@H]1Cc2c([nH]c3ccccc23)[C@@H](c2c(F)cc(OCCN3CCCCC3)cc2F)N1CC(C)(C)F.C[C@@H]1Cc2c([nH]c3ccccc23)[C@@H](c2c(F)cc(OCCN3CCCCCC3)cc2F)N1CC(C)(C)F. The third-order valence-electron chi connectivity index (χ3n) is 30.3. The molecule has 4 aromatic heterocycles. The van der Waals surface area contributed by atoms with Crippen molar-refractivity contribution >= 4 is 43.6 Å². The Morgan fingerprint density at radius 1 is 0.292 bits per heavy atom. The second kappa shape index (κ2) is 44.9. The maximum Gasteiger partial charge on any atom is 0.135 e. The first-order chi connectivity index (χ1) is 68.8. The average Bonchev–Trinajstić information content (AvgIpc) is 1.56. The van der Waals surface area contributed by atoms with Crippen LogP contribution in [0.4, 0.5) is 52.7 Å². The second-order valence-corrected chi connectivity index (χ2v) is 44.0. The van der Waals surface area contributed by atoms with Crippen LogP contribution in [0.3, 0.4) is 0 Å². The van der Waals surface area contributed by atoms with E-state index in [9.17, 15) is 17.6 Å². The number of hydrogen-bond acceptors (Lipinski definition) is 12. The molecule has 4 N–H and O–H groups in total. The first-order valence-corrected chi connectivity index (χ1v) is 52.3. The molecule has 12 aromatic rings. The Morgan fingerprint density at radius 2 is 0.493 bits per heavy atom. The molecule has 12 heterocycles. The summed E-state index contributed by atoms with van der Waals surface area (Å²) in [6, 6.07) is 38.2. The van der Waals surface area contributed by atoms with E-state index in [1.54, 1.807) is 0 Å². The lowest BCUT2D eigenvalue weighted by Gasteiger charge is -2.43. The first kappa shape index (κ1) is 105. The van der Waals surface area contributed by atoms with Gasteiger partial charge in [-0.05, 0) is 239 Å². The maximum absolute atomic E-state index is 15.7. The van der Waals surface area contributed by atoms with E-state index in [-0.39, 0.29) is 95.6 Å².